The summed E-state index contributed by atoms with van der Waals surface area (Å²) in [5.74, 6) is 1.57. The zero-order valence-electron chi connectivity index (χ0n) is 7.24. The first-order chi connectivity index (χ1) is 5.81. The van der Waals surface area contributed by atoms with Crippen LogP contribution in [0.4, 0.5) is 0 Å². The molecule has 0 aromatic carbocycles. The molecule has 0 aliphatic rings. The molecule has 3 heteroatoms. The first-order valence-corrected chi connectivity index (χ1v) is 5.02. The fourth-order valence-corrected chi connectivity index (χ4v) is 1.29. The molecule has 0 saturated heterocycles. The Balaban J connectivity index is 3.14. The molecule has 2 nitrogen and oxygen atoms in total. The molecule has 0 aromatic heterocycles. The van der Waals surface area contributed by atoms with Crippen molar-refractivity contribution < 1.29 is 9.84 Å². The van der Waals surface area contributed by atoms with E-state index < -0.39 is 0 Å². The molecule has 0 bridgehead atoms. The highest BCUT2D eigenvalue weighted by molar-refractivity contribution is 7.99. The summed E-state index contributed by atoms with van der Waals surface area (Å²) in [5.41, 5.74) is 0. The van der Waals surface area contributed by atoms with Gasteiger partial charge in [0.25, 0.3) is 0 Å². The Hall–Kier alpha value is -0.250. The van der Waals surface area contributed by atoms with E-state index in [1.165, 1.54) is 0 Å². The molecular weight excluding hydrogens is 172 g/mol. The quantitative estimate of drug-likeness (QED) is 0.462. The molecule has 1 atom stereocenters. The Kier molecular flexibility index (Phi) is 8.66. The number of ether oxygens (including phenoxy) is 1. The molecule has 0 rings (SSSR count). The van der Waals surface area contributed by atoms with Crippen molar-refractivity contribution in [1.29, 1.82) is 0 Å². The van der Waals surface area contributed by atoms with Crippen LogP contribution in [0, 0.1) is 0 Å². The highest BCUT2D eigenvalue weighted by Gasteiger charge is 2.02. The number of aliphatic hydroxyl groups excluding tert-OH is 1. The maximum Gasteiger partial charge on any atom is 0.0864 e. The van der Waals surface area contributed by atoms with E-state index in [1.807, 2.05) is 6.08 Å². The second-order valence-corrected chi connectivity index (χ2v) is 3.38. The standard InChI is InChI=1S/C9H16O2S/c1-3-5-11-7-9(10)8-12-6-4-2/h3-4,9-10H,1-2,5-8H2. The van der Waals surface area contributed by atoms with Crippen molar-refractivity contribution >= 4 is 11.8 Å². The van der Waals surface area contributed by atoms with E-state index in [4.69, 9.17) is 4.74 Å². The minimum Gasteiger partial charge on any atom is -0.390 e. The number of hydrogen-bond acceptors (Lipinski definition) is 3. The van der Waals surface area contributed by atoms with E-state index in [1.54, 1.807) is 17.8 Å². The van der Waals surface area contributed by atoms with Gasteiger partial charge in [0.2, 0.25) is 0 Å². The van der Waals surface area contributed by atoms with Gasteiger partial charge in [0.15, 0.2) is 0 Å². The van der Waals surface area contributed by atoms with Crippen LogP contribution in [0.25, 0.3) is 0 Å². The summed E-state index contributed by atoms with van der Waals surface area (Å²) >= 11 is 1.65. The van der Waals surface area contributed by atoms with Gasteiger partial charge >= 0.3 is 0 Å². The Morgan fingerprint density at radius 2 is 2.17 bits per heavy atom. The normalized spacial score (nSPS) is 12.4. The average molecular weight is 188 g/mol. The molecule has 0 radical (unpaired) electrons. The maximum atomic E-state index is 9.29. The van der Waals surface area contributed by atoms with Gasteiger partial charge in [0.05, 0.1) is 19.3 Å². The first-order valence-electron chi connectivity index (χ1n) is 3.86. The summed E-state index contributed by atoms with van der Waals surface area (Å²) in [6.07, 6.45) is 3.11. The zero-order valence-corrected chi connectivity index (χ0v) is 8.05. The van der Waals surface area contributed by atoms with E-state index in [0.717, 1.165) is 5.75 Å². The van der Waals surface area contributed by atoms with E-state index in [-0.39, 0.29) is 6.10 Å². The third-order valence-corrected chi connectivity index (χ3v) is 2.18. The van der Waals surface area contributed by atoms with Crippen LogP contribution in [0.3, 0.4) is 0 Å². The van der Waals surface area contributed by atoms with Gasteiger partial charge < -0.3 is 9.84 Å². The second-order valence-electron chi connectivity index (χ2n) is 2.31. The monoisotopic (exact) mass is 188 g/mol. The molecule has 0 aromatic rings. The zero-order chi connectivity index (χ0) is 9.23. The molecule has 0 saturated carbocycles. The molecule has 0 amide bonds. The van der Waals surface area contributed by atoms with Crippen LogP contribution in [0.2, 0.25) is 0 Å². The molecule has 0 aliphatic heterocycles. The van der Waals surface area contributed by atoms with Crippen molar-refractivity contribution in [1.82, 2.24) is 0 Å². The van der Waals surface area contributed by atoms with Gasteiger partial charge in [0.1, 0.15) is 0 Å². The molecule has 0 fully saturated rings. The van der Waals surface area contributed by atoms with Crippen molar-refractivity contribution in [3.63, 3.8) is 0 Å². The minimum atomic E-state index is -0.380. The molecule has 0 heterocycles. The lowest BCUT2D eigenvalue weighted by atomic mass is 10.4. The van der Waals surface area contributed by atoms with Crippen molar-refractivity contribution in [2.45, 2.75) is 6.10 Å². The average Bonchev–Trinajstić information content (AvgIpc) is 2.06. The molecule has 1 unspecified atom stereocenters. The third-order valence-electron chi connectivity index (χ3n) is 1.09. The van der Waals surface area contributed by atoms with Crippen molar-refractivity contribution in [2.24, 2.45) is 0 Å². The van der Waals surface area contributed by atoms with Crippen molar-refractivity contribution in [3.05, 3.63) is 25.3 Å². The summed E-state index contributed by atoms with van der Waals surface area (Å²) in [5, 5.41) is 9.29. The van der Waals surface area contributed by atoms with Gasteiger partial charge in [-0.1, -0.05) is 12.2 Å². The number of aliphatic hydroxyl groups is 1. The summed E-state index contributed by atoms with van der Waals surface area (Å²) in [4.78, 5) is 0. The second kappa shape index (κ2) is 8.84. The van der Waals surface area contributed by atoms with Crippen LogP contribution in [0.5, 0.6) is 0 Å². The van der Waals surface area contributed by atoms with Crippen LogP contribution in [-0.2, 0) is 4.74 Å². The topological polar surface area (TPSA) is 29.5 Å². The fraction of sp³-hybridized carbons (Fsp3) is 0.556. The van der Waals surface area contributed by atoms with Crippen LogP contribution < -0.4 is 0 Å². The van der Waals surface area contributed by atoms with E-state index in [0.29, 0.717) is 19.0 Å². The number of rotatable bonds is 8. The lowest BCUT2D eigenvalue weighted by Crippen LogP contribution is -2.18. The first kappa shape index (κ1) is 11.8. The Morgan fingerprint density at radius 1 is 1.42 bits per heavy atom. The Morgan fingerprint density at radius 3 is 2.75 bits per heavy atom. The van der Waals surface area contributed by atoms with Crippen LogP contribution in [0.1, 0.15) is 0 Å². The van der Waals surface area contributed by atoms with Crippen LogP contribution >= 0.6 is 11.8 Å². The smallest absolute Gasteiger partial charge is 0.0864 e. The highest BCUT2D eigenvalue weighted by Crippen LogP contribution is 2.02. The molecule has 12 heavy (non-hydrogen) atoms. The molecule has 70 valence electrons. The fourth-order valence-electron chi connectivity index (χ4n) is 0.623. The SMILES string of the molecule is C=CCOCC(O)CSCC=C. The molecule has 0 aliphatic carbocycles. The molecular formula is C9H16O2S. The van der Waals surface area contributed by atoms with E-state index in [9.17, 15) is 5.11 Å². The minimum absolute atomic E-state index is 0.380. The Labute approximate surface area is 78.3 Å². The summed E-state index contributed by atoms with van der Waals surface area (Å²) < 4.78 is 5.07. The third kappa shape index (κ3) is 7.85. The lowest BCUT2D eigenvalue weighted by molar-refractivity contribution is 0.0625. The summed E-state index contributed by atoms with van der Waals surface area (Å²) in [7, 11) is 0. The van der Waals surface area contributed by atoms with Gasteiger partial charge in [0, 0.05) is 11.5 Å². The van der Waals surface area contributed by atoms with Gasteiger partial charge in [-0.15, -0.1) is 13.2 Å². The number of hydrogen-bond donors (Lipinski definition) is 1. The molecule has 1 N–H and O–H groups in total. The summed E-state index contributed by atoms with van der Waals surface area (Å²) in [6, 6.07) is 0. The van der Waals surface area contributed by atoms with Crippen LogP contribution in [0.15, 0.2) is 25.3 Å². The van der Waals surface area contributed by atoms with E-state index in [2.05, 4.69) is 13.2 Å². The van der Waals surface area contributed by atoms with Crippen molar-refractivity contribution in [3.8, 4) is 0 Å². The van der Waals surface area contributed by atoms with Gasteiger partial charge in [-0.25, -0.2) is 0 Å². The predicted molar refractivity (Wildman–Crippen MR) is 54.5 cm³/mol. The summed E-state index contributed by atoms with van der Waals surface area (Å²) in [6.45, 7) is 7.98. The maximum absolute atomic E-state index is 9.29. The van der Waals surface area contributed by atoms with Gasteiger partial charge in [-0.05, 0) is 0 Å². The lowest BCUT2D eigenvalue weighted by Gasteiger charge is -2.08. The predicted octanol–water partition coefficient (Wildman–Crippen LogP) is 1.47. The van der Waals surface area contributed by atoms with Gasteiger partial charge in [-0.3, -0.25) is 0 Å². The van der Waals surface area contributed by atoms with Crippen molar-refractivity contribution in [2.75, 3.05) is 24.7 Å². The largest absolute Gasteiger partial charge is 0.390 e. The molecule has 0 spiro atoms. The van der Waals surface area contributed by atoms with Gasteiger partial charge in [-0.2, -0.15) is 11.8 Å². The van der Waals surface area contributed by atoms with E-state index >= 15 is 0 Å². The number of thioether (sulfide) groups is 1. The van der Waals surface area contributed by atoms with Crippen LogP contribution in [-0.4, -0.2) is 35.9 Å². The highest BCUT2D eigenvalue weighted by atomic mass is 32.2. The Bertz CT molecular complexity index is 112.